The van der Waals surface area contributed by atoms with Crippen LogP contribution in [0.4, 0.5) is 10.1 Å². The second kappa shape index (κ2) is 6.07. The number of nitrogens with two attached hydrogens (primary N) is 1. The van der Waals surface area contributed by atoms with Gasteiger partial charge < -0.3 is 11.1 Å². The quantitative estimate of drug-likeness (QED) is 0.527. The number of nitrogens with one attached hydrogen (secondary N) is 2. The zero-order valence-corrected chi connectivity index (χ0v) is 13.8. The maximum atomic E-state index is 14.1. The summed E-state index contributed by atoms with van der Waals surface area (Å²) < 4.78 is 40.9. The lowest BCUT2D eigenvalue weighted by molar-refractivity contribution is -0.122. The Balaban J connectivity index is 2.30. The van der Waals surface area contributed by atoms with Crippen molar-refractivity contribution in [1.82, 2.24) is 10.0 Å². The van der Waals surface area contributed by atoms with E-state index in [-0.39, 0.29) is 34.1 Å². The second-order valence-corrected chi connectivity index (χ2v) is 7.44. The maximum absolute atomic E-state index is 14.1. The molecule has 0 saturated carbocycles. The zero-order valence-electron chi connectivity index (χ0n) is 10.6. The normalized spacial score (nSPS) is 19.4. The summed E-state index contributed by atoms with van der Waals surface area (Å²) in [7, 11) is -4.13. The Morgan fingerprint density at radius 2 is 2.19 bits per heavy atom. The highest BCUT2D eigenvalue weighted by molar-refractivity contribution is 9.10. The molecule has 1 aliphatic rings. The summed E-state index contributed by atoms with van der Waals surface area (Å²) in [6.45, 7) is 0.152. The molecule has 1 fully saturated rings. The van der Waals surface area contributed by atoms with E-state index in [0.29, 0.717) is 6.42 Å². The highest BCUT2D eigenvalue weighted by atomic mass is 79.9. The average Bonchev–Trinajstić information content (AvgIpc) is 2.42. The lowest BCUT2D eigenvalue weighted by atomic mass is 10.1. The van der Waals surface area contributed by atoms with Crippen molar-refractivity contribution in [3.8, 4) is 0 Å². The van der Waals surface area contributed by atoms with Crippen molar-refractivity contribution in [3.05, 3.63) is 21.4 Å². The van der Waals surface area contributed by atoms with Crippen LogP contribution in [0.1, 0.15) is 12.8 Å². The molecule has 1 amide bonds. The smallest absolute Gasteiger partial charge is 0.243 e. The number of hydrogen-bond acceptors (Lipinski definition) is 4. The molecule has 116 valence electrons. The summed E-state index contributed by atoms with van der Waals surface area (Å²) in [6.07, 6.45) is 0.547. The van der Waals surface area contributed by atoms with E-state index in [2.05, 4.69) is 26.0 Å². The SMILES string of the molecule is Nc1c(F)c(S(=O)(=O)NC2CCC(=O)NC2)cc(Cl)c1Br. The number of hydrogen-bond donors (Lipinski definition) is 3. The van der Waals surface area contributed by atoms with Crippen LogP contribution in [0, 0.1) is 5.82 Å². The number of nitrogen functional groups attached to an aromatic ring is 1. The largest absolute Gasteiger partial charge is 0.395 e. The molecule has 21 heavy (non-hydrogen) atoms. The molecular weight excluding hydrogens is 389 g/mol. The number of benzene rings is 1. The van der Waals surface area contributed by atoms with Gasteiger partial charge in [0, 0.05) is 19.0 Å². The van der Waals surface area contributed by atoms with Crippen LogP contribution >= 0.6 is 27.5 Å². The van der Waals surface area contributed by atoms with Crippen molar-refractivity contribution in [2.45, 2.75) is 23.8 Å². The number of sulfonamides is 1. The fourth-order valence-electron chi connectivity index (χ4n) is 1.91. The Bertz CT molecular complexity index is 688. The molecule has 1 aliphatic heterocycles. The minimum Gasteiger partial charge on any atom is -0.395 e. The molecule has 1 aromatic carbocycles. The number of carbonyl (C=O) groups excluding carboxylic acids is 1. The Labute approximate surface area is 134 Å². The first-order valence-corrected chi connectivity index (χ1v) is 8.60. The van der Waals surface area contributed by atoms with Gasteiger partial charge in [-0.3, -0.25) is 4.79 Å². The first-order chi connectivity index (χ1) is 9.72. The van der Waals surface area contributed by atoms with Crippen molar-refractivity contribution in [2.24, 2.45) is 0 Å². The van der Waals surface area contributed by atoms with Gasteiger partial charge in [-0.1, -0.05) is 11.6 Å². The molecule has 0 aromatic heterocycles. The average molecular weight is 401 g/mol. The second-order valence-electron chi connectivity index (χ2n) is 4.56. The van der Waals surface area contributed by atoms with Crippen LogP contribution in [0.25, 0.3) is 0 Å². The lowest BCUT2D eigenvalue weighted by Crippen LogP contribution is -2.47. The lowest BCUT2D eigenvalue weighted by Gasteiger charge is -2.23. The minimum absolute atomic E-state index is 0.00813. The predicted molar refractivity (Wildman–Crippen MR) is 79.9 cm³/mol. The van der Waals surface area contributed by atoms with E-state index in [1.807, 2.05) is 0 Å². The third-order valence-electron chi connectivity index (χ3n) is 3.03. The molecule has 1 aromatic rings. The van der Waals surface area contributed by atoms with Crippen molar-refractivity contribution in [2.75, 3.05) is 12.3 Å². The summed E-state index contributed by atoms with van der Waals surface area (Å²) in [5.41, 5.74) is 5.10. The topological polar surface area (TPSA) is 101 Å². The van der Waals surface area contributed by atoms with Crippen LogP contribution in [0.5, 0.6) is 0 Å². The molecule has 6 nitrogen and oxygen atoms in total. The summed E-state index contributed by atoms with van der Waals surface area (Å²) in [4.78, 5) is 10.4. The molecule has 1 heterocycles. The number of piperidine rings is 1. The molecule has 0 spiro atoms. The minimum atomic E-state index is -4.13. The summed E-state index contributed by atoms with van der Waals surface area (Å²) in [5, 5.41) is 2.53. The summed E-state index contributed by atoms with van der Waals surface area (Å²) in [5.74, 6) is -1.22. The van der Waals surface area contributed by atoms with Gasteiger partial charge in [-0.05, 0) is 28.4 Å². The predicted octanol–water partition coefficient (Wildman–Crippen LogP) is 1.38. The molecule has 0 radical (unpaired) electrons. The van der Waals surface area contributed by atoms with Gasteiger partial charge in [-0.2, -0.15) is 0 Å². The van der Waals surface area contributed by atoms with Crippen LogP contribution in [0.2, 0.25) is 5.02 Å². The van der Waals surface area contributed by atoms with E-state index in [1.54, 1.807) is 0 Å². The van der Waals surface area contributed by atoms with Gasteiger partial charge >= 0.3 is 0 Å². The van der Waals surface area contributed by atoms with Crippen LogP contribution < -0.4 is 15.8 Å². The number of anilines is 1. The van der Waals surface area contributed by atoms with Gasteiger partial charge in [0.05, 0.1) is 15.2 Å². The molecule has 1 unspecified atom stereocenters. The highest BCUT2D eigenvalue weighted by Gasteiger charge is 2.28. The Morgan fingerprint density at radius 3 is 2.76 bits per heavy atom. The monoisotopic (exact) mass is 399 g/mol. The fraction of sp³-hybridized carbons (Fsp3) is 0.364. The van der Waals surface area contributed by atoms with Gasteiger partial charge in [0.25, 0.3) is 0 Å². The van der Waals surface area contributed by atoms with Crippen molar-refractivity contribution >= 4 is 49.1 Å². The van der Waals surface area contributed by atoms with Gasteiger partial charge in [0.1, 0.15) is 4.90 Å². The fourth-order valence-corrected chi connectivity index (χ4v) is 3.86. The van der Waals surface area contributed by atoms with Gasteiger partial charge in [-0.25, -0.2) is 17.5 Å². The summed E-state index contributed by atoms with van der Waals surface area (Å²) in [6, 6.07) is 0.483. The zero-order chi connectivity index (χ0) is 15.8. The summed E-state index contributed by atoms with van der Waals surface area (Å²) >= 11 is 8.79. The highest BCUT2D eigenvalue weighted by Crippen LogP contribution is 2.34. The number of rotatable bonds is 3. The van der Waals surface area contributed by atoms with Crippen molar-refractivity contribution in [3.63, 3.8) is 0 Å². The first-order valence-electron chi connectivity index (χ1n) is 5.94. The third kappa shape index (κ3) is 3.47. The van der Waals surface area contributed by atoms with E-state index >= 15 is 0 Å². The molecule has 0 bridgehead atoms. The maximum Gasteiger partial charge on any atom is 0.243 e. The van der Waals surface area contributed by atoms with Crippen LogP contribution in [-0.4, -0.2) is 26.9 Å². The van der Waals surface area contributed by atoms with Gasteiger partial charge in [0.2, 0.25) is 15.9 Å². The molecule has 10 heteroatoms. The third-order valence-corrected chi connectivity index (χ3v) is 5.93. The standard InChI is InChI=1S/C11H12BrClFN3O3S/c12-9-6(13)3-7(10(14)11(9)15)21(19,20)17-5-1-2-8(18)16-4-5/h3,5,17H,1-2,4,15H2,(H,16,18). The molecule has 0 aliphatic carbocycles. The number of halogens is 3. The molecule has 2 rings (SSSR count). The van der Waals surface area contributed by atoms with Crippen LogP contribution in [0.3, 0.4) is 0 Å². The van der Waals surface area contributed by atoms with Crippen molar-refractivity contribution in [1.29, 1.82) is 0 Å². The Morgan fingerprint density at radius 1 is 1.52 bits per heavy atom. The van der Waals surface area contributed by atoms with E-state index in [4.69, 9.17) is 17.3 Å². The molecular formula is C11H12BrClFN3O3S. The molecule has 1 saturated heterocycles. The number of amides is 1. The Kier molecular flexibility index (Phi) is 4.76. The molecule has 4 N–H and O–H groups in total. The van der Waals surface area contributed by atoms with Crippen LogP contribution in [-0.2, 0) is 14.8 Å². The van der Waals surface area contributed by atoms with Gasteiger partial charge in [-0.15, -0.1) is 0 Å². The van der Waals surface area contributed by atoms with E-state index < -0.39 is 26.8 Å². The van der Waals surface area contributed by atoms with E-state index in [9.17, 15) is 17.6 Å². The van der Waals surface area contributed by atoms with Crippen molar-refractivity contribution < 1.29 is 17.6 Å². The molecule has 1 atom stereocenters. The van der Waals surface area contributed by atoms with E-state index in [1.165, 1.54) is 0 Å². The Hall–Kier alpha value is -0.900. The van der Waals surface area contributed by atoms with Crippen LogP contribution in [0.15, 0.2) is 15.4 Å². The van der Waals surface area contributed by atoms with Gasteiger partial charge in [0.15, 0.2) is 5.82 Å². The van der Waals surface area contributed by atoms with E-state index in [0.717, 1.165) is 6.07 Å². The number of carbonyl (C=O) groups is 1. The first kappa shape index (κ1) is 16.5.